The number of hydrogen-bond acceptors (Lipinski definition) is 3. The number of likely N-dealkylation sites (tertiary alicyclic amines) is 1. The number of ether oxygens (including phenoxy) is 1. The van der Waals surface area contributed by atoms with Gasteiger partial charge in [0.05, 0.1) is 7.11 Å². The molecule has 3 heteroatoms. The minimum absolute atomic E-state index is 0.375. The van der Waals surface area contributed by atoms with Gasteiger partial charge in [0, 0.05) is 6.54 Å². The smallest absolute Gasteiger partial charge is 0.292 e. The molecule has 1 atom stereocenters. The van der Waals surface area contributed by atoms with Gasteiger partial charge in [-0.3, -0.25) is 4.79 Å². The highest BCUT2D eigenvalue weighted by Gasteiger charge is 2.11. The number of carbonyl (C=O) groups excluding carboxylic acids is 1. The van der Waals surface area contributed by atoms with Crippen LogP contribution in [0.3, 0.4) is 0 Å². The summed E-state index contributed by atoms with van der Waals surface area (Å²) >= 11 is 0. The van der Waals surface area contributed by atoms with E-state index in [1.807, 2.05) is 0 Å². The summed E-state index contributed by atoms with van der Waals surface area (Å²) in [6, 6.07) is 0. The molecule has 1 aliphatic rings. The van der Waals surface area contributed by atoms with Crippen LogP contribution in [0, 0.1) is 5.92 Å². The number of carbonyl (C=O) groups is 1. The molecule has 0 saturated carbocycles. The number of hydrogen-bond donors (Lipinski definition) is 0. The topological polar surface area (TPSA) is 29.5 Å². The predicted octanol–water partition coefficient (Wildman–Crippen LogP) is 2.55. The van der Waals surface area contributed by atoms with Crippen LogP contribution in [0.5, 0.6) is 0 Å². The Balaban J connectivity index is 0. The number of nitrogens with zero attached hydrogens (tertiary/aromatic N) is 1. The standard InChI is InChI=1S/C7H15N.C3H8.C2H4O2/c1-7-4-3-5-8(2)6-7;1-3-2;1-4-2-3/h7H,3-6H2,1-2H3;3H2,1-2H3;2H,1H3. The Bertz CT molecular complexity index is 121. The van der Waals surface area contributed by atoms with Gasteiger partial charge in [0.1, 0.15) is 0 Å². The maximum Gasteiger partial charge on any atom is 0.292 e. The first kappa shape index (κ1) is 16.8. The van der Waals surface area contributed by atoms with Gasteiger partial charge in [-0.05, 0) is 32.4 Å². The van der Waals surface area contributed by atoms with Crippen LogP contribution in [0.15, 0.2) is 0 Å². The van der Waals surface area contributed by atoms with E-state index in [4.69, 9.17) is 4.79 Å². The highest BCUT2D eigenvalue weighted by Crippen LogP contribution is 2.12. The van der Waals surface area contributed by atoms with Crippen LogP contribution in [-0.4, -0.2) is 38.6 Å². The number of rotatable bonds is 1. The average molecular weight is 217 g/mol. The molecule has 1 unspecified atom stereocenters. The summed E-state index contributed by atoms with van der Waals surface area (Å²) in [5.74, 6) is 0.939. The van der Waals surface area contributed by atoms with Crippen LogP contribution in [0.25, 0.3) is 0 Å². The van der Waals surface area contributed by atoms with Crippen LogP contribution in [0.2, 0.25) is 0 Å². The lowest BCUT2D eigenvalue weighted by Crippen LogP contribution is -2.30. The van der Waals surface area contributed by atoms with Gasteiger partial charge in [0.25, 0.3) is 6.47 Å². The third-order valence-corrected chi connectivity index (χ3v) is 1.96. The SMILES string of the molecule is CC1CCCN(C)C1.CCC.COC=O. The molecule has 0 aromatic heterocycles. The van der Waals surface area contributed by atoms with Crippen molar-refractivity contribution in [1.82, 2.24) is 4.90 Å². The summed E-state index contributed by atoms with van der Waals surface area (Å²) in [5, 5.41) is 0. The first-order chi connectivity index (χ1) is 7.12. The maximum absolute atomic E-state index is 8.95. The summed E-state index contributed by atoms with van der Waals surface area (Å²) in [7, 11) is 3.52. The van der Waals surface area contributed by atoms with E-state index < -0.39 is 0 Å². The molecule has 0 aromatic carbocycles. The van der Waals surface area contributed by atoms with E-state index in [-0.39, 0.29) is 0 Å². The Labute approximate surface area is 94.8 Å². The van der Waals surface area contributed by atoms with E-state index in [1.165, 1.54) is 39.5 Å². The quantitative estimate of drug-likeness (QED) is 0.632. The zero-order valence-electron chi connectivity index (χ0n) is 11.0. The molecule has 0 spiro atoms. The fraction of sp³-hybridized carbons (Fsp3) is 0.917. The van der Waals surface area contributed by atoms with Crippen LogP contribution in [0.1, 0.15) is 40.0 Å². The van der Waals surface area contributed by atoms with E-state index in [0.717, 1.165) is 5.92 Å². The zero-order chi connectivity index (χ0) is 12.1. The van der Waals surface area contributed by atoms with Gasteiger partial charge in [-0.15, -0.1) is 0 Å². The monoisotopic (exact) mass is 217 g/mol. The Morgan fingerprint density at radius 1 is 1.47 bits per heavy atom. The molecule has 1 saturated heterocycles. The summed E-state index contributed by atoms with van der Waals surface area (Å²) in [4.78, 5) is 11.4. The lowest BCUT2D eigenvalue weighted by atomic mass is 10.0. The summed E-state index contributed by atoms with van der Waals surface area (Å²) < 4.78 is 3.86. The minimum atomic E-state index is 0.375. The molecule has 1 aliphatic heterocycles. The van der Waals surface area contributed by atoms with Gasteiger partial charge in [-0.2, -0.15) is 0 Å². The van der Waals surface area contributed by atoms with E-state index >= 15 is 0 Å². The Morgan fingerprint density at radius 3 is 2.13 bits per heavy atom. The van der Waals surface area contributed by atoms with Gasteiger partial charge in [0.15, 0.2) is 0 Å². The average Bonchev–Trinajstić information content (AvgIpc) is 2.19. The number of piperidine rings is 1. The largest absolute Gasteiger partial charge is 0.471 e. The highest BCUT2D eigenvalue weighted by molar-refractivity contribution is 5.36. The summed E-state index contributed by atoms with van der Waals surface area (Å²) in [5.41, 5.74) is 0. The molecule has 0 aromatic rings. The van der Waals surface area contributed by atoms with E-state index in [9.17, 15) is 0 Å². The van der Waals surface area contributed by atoms with Gasteiger partial charge >= 0.3 is 0 Å². The number of methoxy groups -OCH3 is 1. The second-order valence-corrected chi connectivity index (χ2v) is 4.05. The molecule has 0 radical (unpaired) electrons. The molecule has 1 rings (SSSR count). The Morgan fingerprint density at radius 2 is 1.93 bits per heavy atom. The molecule has 0 amide bonds. The first-order valence-electron chi connectivity index (χ1n) is 5.77. The van der Waals surface area contributed by atoms with Gasteiger partial charge in [0.2, 0.25) is 0 Å². The molecule has 15 heavy (non-hydrogen) atoms. The van der Waals surface area contributed by atoms with Crippen molar-refractivity contribution < 1.29 is 9.53 Å². The fourth-order valence-electron chi connectivity index (χ4n) is 1.42. The van der Waals surface area contributed by atoms with Crippen LogP contribution < -0.4 is 0 Å². The summed E-state index contributed by atoms with van der Waals surface area (Å²) in [6.45, 7) is 9.57. The predicted molar refractivity (Wildman–Crippen MR) is 64.9 cm³/mol. The second kappa shape index (κ2) is 13.4. The zero-order valence-corrected chi connectivity index (χ0v) is 11.0. The molecular weight excluding hydrogens is 190 g/mol. The van der Waals surface area contributed by atoms with E-state index in [1.54, 1.807) is 0 Å². The maximum atomic E-state index is 8.95. The minimum Gasteiger partial charge on any atom is -0.471 e. The highest BCUT2D eigenvalue weighted by atomic mass is 16.5. The van der Waals surface area contributed by atoms with Crippen molar-refractivity contribution in [2.24, 2.45) is 5.92 Å². The third kappa shape index (κ3) is 16.1. The molecule has 92 valence electrons. The fourth-order valence-corrected chi connectivity index (χ4v) is 1.42. The van der Waals surface area contributed by atoms with Crippen LogP contribution >= 0.6 is 0 Å². The van der Waals surface area contributed by atoms with Gasteiger partial charge in [-0.25, -0.2) is 0 Å². The normalized spacial score (nSPS) is 20.2. The van der Waals surface area contributed by atoms with Crippen molar-refractivity contribution >= 4 is 6.47 Å². The molecule has 0 N–H and O–H groups in total. The van der Waals surface area contributed by atoms with Gasteiger partial charge < -0.3 is 9.64 Å². The molecular formula is C12H27NO2. The molecule has 1 heterocycles. The first-order valence-corrected chi connectivity index (χ1v) is 5.77. The Kier molecular flexibility index (Phi) is 15.1. The van der Waals surface area contributed by atoms with Crippen LogP contribution in [-0.2, 0) is 9.53 Å². The molecule has 0 aliphatic carbocycles. The van der Waals surface area contributed by atoms with E-state index in [2.05, 4.69) is 37.5 Å². The van der Waals surface area contributed by atoms with Crippen molar-refractivity contribution in [3.8, 4) is 0 Å². The van der Waals surface area contributed by atoms with Crippen molar-refractivity contribution in [2.45, 2.75) is 40.0 Å². The third-order valence-electron chi connectivity index (χ3n) is 1.96. The Hall–Kier alpha value is -0.570. The molecule has 1 fully saturated rings. The van der Waals surface area contributed by atoms with Crippen LogP contribution in [0.4, 0.5) is 0 Å². The van der Waals surface area contributed by atoms with Crippen molar-refractivity contribution in [3.05, 3.63) is 0 Å². The lowest BCUT2D eigenvalue weighted by molar-refractivity contribution is -0.126. The van der Waals surface area contributed by atoms with Crippen molar-refractivity contribution in [3.63, 3.8) is 0 Å². The molecule has 3 nitrogen and oxygen atoms in total. The summed E-state index contributed by atoms with van der Waals surface area (Å²) in [6.07, 6.45) is 4.09. The lowest BCUT2D eigenvalue weighted by Gasteiger charge is -2.26. The molecule has 0 bridgehead atoms. The van der Waals surface area contributed by atoms with E-state index in [0.29, 0.717) is 6.47 Å². The second-order valence-electron chi connectivity index (χ2n) is 4.05. The van der Waals surface area contributed by atoms with Crippen molar-refractivity contribution in [2.75, 3.05) is 27.2 Å². The van der Waals surface area contributed by atoms with Crippen molar-refractivity contribution in [1.29, 1.82) is 0 Å². The van der Waals surface area contributed by atoms with Gasteiger partial charge in [-0.1, -0.05) is 27.2 Å².